The molecule has 0 unspecified atom stereocenters. The van der Waals surface area contributed by atoms with E-state index in [1.54, 1.807) is 4.90 Å². The summed E-state index contributed by atoms with van der Waals surface area (Å²) in [6.45, 7) is 4.93. The van der Waals surface area contributed by atoms with Crippen molar-refractivity contribution in [1.29, 1.82) is 0 Å². The third kappa shape index (κ3) is 4.24. The maximum atomic E-state index is 12.1. The van der Waals surface area contributed by atoms with E-state index in [-0.39, 0.29) is 29.4 Å². The van der Waals surface area contributed by atoms with Gasteiger partial charge in [0.05, 0.1) is 11.0 Å². The van der Waals surface area contributed by atoms with Gasteiger partial charge in [0.15, 0.2) is 9.84 Å². The predicted molar refractivity (Wildman–Crippen MR) is 70.1 cm³/mol. The van der Waals surface area contributed by atoms with Crippen molar-refractivity contribution in [2.75, 3.05) is 32.6 Å². The predicted octanol–water partition coefficient (Wildman–Crippen LogP) is 0.695. The molecule has 1 heterocycles. The number of rotatable bonds is 5. The van der Waals surface area contributed by atoms with E-state index < -0.39 is 9.84 Å². The van der Waals surface area contributed by atoms with E-state index in [0.717, 1.165) is 0 Å². The van der Waals surface area contributed by atoms with Gasteiger partial charge in [-0.15, -0.1) is 0 Å². The van der Waals surface area contributed by atoms with Crippen molar-refractivity contribution in [1.82, 2.24) is 4.90 Å². The smallest absolute Gasteiger partial charge is 0.248 e. The Hall–Kier alpha value is -0.620. The molecule has 0 N–H and O–H groups in total. The van der Waals surface area contributed by atoms with Gasteiger partial charge in [-0.05, 0) is 18.8 Å². The number of carbonyl (C=O) groups excluding carboxylic acids is 1. The summed E-state index contributed by atoms with van der Waals surface area (Å²) in [5.74, 6) is 0.337. The molecule has 0 aliphatic carbocycles. The Kier molecular flexibility index (Phi) is 5.59. The van der Waals surface area contributed by atoms with Crippen LogP contribution in [0.5, 0.6) is 0 Å². The molecule has 0 bridgehead atoms. The summed E-state index contributed by atoms with van der Waals surface area (Å²) >= 11 is 0. The number of methoxy groups -OCH3 is 1. The number of ether oxygens (including phenoxy) is 1. The number of hydrogen-bond acceptors (Lipinski definition) is 4. The quantitative estimate of drug-likeness (QED) is 0.742. The first-order chi connectivity index (χ1) is 8.36. The molecule has 0 spiro atoms. The molecule has 0 aromatic carbocycles. The van der Waals surface area contributed by atoms with Crippen LogP contribution in [0, 0.1) is 5.92 Å². The van der Waals surface area contributed by atoms with Crippen LogP contribution in [0.25, 0.3) is 0 Å². The standard InChI is InChI=1S/C12H23NO4S/c1-10(2)9-18(15,16)11-4-6-13(7-5-11)12(14)8-17-3/h10-11H,4-9H2,1-3H3. The van der Waals surface area contributed by atoms with Gasteiger partial charge in [-0.2, -0.15) is 0 Å². The Morgan fingerprint density at radius 2 is 1.89 bits per heavy atom. The van der Waals surface area contributed by atoms with E-state index in [1.165, 1.54) is 7.11 Å². The molecule has 1 rings (SSSR count). The van der Waals surface area contributed by atoms with Crippen molar-refractivity contribution in [3.8, 4) is 0 Å². The Morgan fingerprint density at radius 1 is 1.33 bits per heavy atom. The van der Waals surface area contributed by atoms with Crippen LogP contribution in [-0.4, -0.2) is 57.0 Å². The zero-order valence-corrected chi connectivity index (χ0v) is 12.2. The van der Waals surface area contributed by atoms with Gasteiger partial charge in [-0.3, -0.25) is 4.79 Å². The molecule has 1 aliphatic heterocycles. The van der Waals surface area contributed by atoms with Crippen molar-refractivity contribution < 1.29 is 17.9 Å². The van der Waals surface area contributed by atoms with E-state index in [1.807, 2.05) is 13.8 Å². The van der Waals surface area contributed by atoms with Crippen LogP contribution in [0.2, 0.25) is 0 Å². The monoisotopic (exact) mass is 277 g/mol. The highest BCUT2D eigenvalue weighted by Gasteiger charge is 2.31. The number of sulfone groups is 1. The fraction of sp³-hybridized carbons (Fsp3) is 0.917. The molecule has 0 aromatic heterocycles. The second-order valence-corrected chi connectivity index (χ2v) is 7.56. The van der Waals surface area contributed by atoms with Gasteiger partial charge in [-0.1, -0.05) is 13.8 Å². The highest BCUT2D eigenvalue weighted by atomic mass is 32.2. The maximum Gasteiger partial charge on any atom is 0.248 e. The highest BCUT2D eigenvalue weighted by Crippen LogP contribution is 2.20. The molecule has 0 radical (unpaired) electrons. The summed E-state index contributed by atoms with van der Waals surface area (Å²) in [7, 11) is -1.53. The molecular formula is C12H23NO4S. The minimum absolute atomic E-state index is 0.0581. The van der Waals surface area contributed by atoms with Crippen molar-refractivity contribution >= 4 is 15.7 Å². The first-order valence-electron chi connectivity index (χ1n) is 6.35. The summed E-state index contributed by atoms with van der Waals surface area (Å²) < 4.78 is 28.9. The summed E-state index contributed by atoms with van der Waals surface area (Å²) in [5, 5.41) is -0.286. The molecule has 106 valence electrons. The summed E-state index contributed by atoms with van der Waals surface area (Å²) in [5.41, 5.74) is 0. The third-order valence-electron chi connectivity index (χ3n) is 3.14. The molecule has 18 heavy (non-hydrogen) atoms. The van der Waals surface area contributed by atoms with Gasteiger partial charge in [-0.25, -0.2) is 8.42 Å². The van der Waals surface area contributed by atoms with Crippen molar-refractivity contribution in [3.63, 3.8) is 0 Å². The van der Waals surface area contributed by atoms with Crippen molar-refractivity contribution in [3.05, 3.63) is 0 Å². The van der Waals surface area contributed by atoms with Gasteiger partial charge < -0.3 is 9.64 Å². The van der Waals surface area contributed by atoms with E-state index in [9.17, 15) is 13.2 Å². The molecule has 0 saturated carbocycles. The summed E-state index contributed by atoms with van der Waals surface area (Å²) in [6.07, 6.45) is 1.09. The second kappa shape index (κ2) is 6.52. The number of nitrogens with zero attached hydrogens (tertiary/aromatic N) is 1. The molecule has 1 aliphatic rings. The number of amides is 1. The topological polar surface area (TPSA) is 63.7 Å². The molecule has 1 fully saturated rings. The Morgan fingerprint density at radius 3 is 2.33 bits per heavy atom. The lowest BCUT2D eigenvalue weighted by atomic mass is 10.1. The molecule has 0 atom stereocenters. The van der Waals surface area contributed by atoms with Crippen molar-refractivity contribution in [2.24, 2.45) is 5.92 Å². The number of carbonyl (C=O) groups is 1. The van der Waals surface area contributed by atoms with Crippen molar-refractivity contribution in [2.45, 2.75) is 31.9 Å². The number of hydrogen-bond donors (Lipinski definition) is 0. The van der Waals surface area contributed by atoms with Gasteiger partial charge >= 0.3 is 0 Å². The fourth-order valence-corrected chi connectivity index (χ4v) is 4.41. The number of piperidine rings is 1. The van der Waals surface area contributed by atoms with E-state index in [0.29, 0.717) is 25.9 Å². The lowest BCUT2D eigenvalue weighted by Gasteiger charge is -2.31. The molecular weight excluding hydrogens is 254 g/mol. The Balaban J connectivity index is 2.51. The zero-order chi connectivity index (χ0) is 13.8. The van der Waals surface area contributed by atoms with Crippen LogP contribution in [0.15, 0.2) is 0 Å². The van der Waals surface area contributed by atoms with Crippen LogP contribution < -0.4 is 0 Å². The Bertz CT molecular complexity index is 370. The van der Waals surface area contributed by atoms with Crippen LogP contribution >= 0.6 is 0 Å². The van der Waals surface area contributed by atoms with Crippen LogP contribution in [-0.2, 0) is 19.4 Å². The van der Waals surface area contributed by atoms with E-state index >= 15 is 0 Å². The average Bonchev–Trinajstić information content (AvgIpc) is 2.28. The third-order valence-corrected chi connectivity index (χ3v) is 5.75. The van der Waals surface area contributed by atoms with Gasteiger partial charge in [0.1, 0.15) is 6.61 Å². The van der Waals surface area contributed by atoms with Gasteiger partial charge in [0.2, 0.25) is 5.91 Å². The minimum Gasteiger partial charge on any atom is -0.375 e. The molecule has 1 saturated heterocycles. The van der Waals surface area contributed by atoms with Gasteiger partial charge in [0, 0.05) is 20.2 Å². The van der Waals surface area contributed by atoms with E-state index in [4.69, 9.17) is 4.74 Å². The molecule has 6 heteroatoms. The van der Waals surface area contributed by atoms with Crippen LogP contribution in [0.3, 0.4) is 0 Å². The summed E-state index contributed by atoms with van der Waals surface area (Å²) in [4.78, 5) is 13.3. The number of likely N-dealkylation sites (tertiary alicyclic amines) is 1. The largest absolute Gasteiger partial charge is 0.375 e. The molecule has 0 aromatic rings. The van der Waals surface area contributed by atoms with Crippen LogP contribution in [0.1, 0.15) is 26.7 Å². The van der Waals surface area contributed by atoms with Crippen LogP contribution in [0.4, 0.5) is 0 Å². The first-order valence-corrected chi connectivity index (χ1v) is 8.06. The zero-order valence-electron chi connectivity index (χ0n) is 11.4. The second-order valence-electron chi connectivity index (χ2n) is 5.24. The first kappa shape index (κ1) is 15.4. The normalized spacial score (nSPS) is 18.3. The highest BCUT2D eigenvalue weighted by molar-refractivity contribution is 7.92. The maximum absolute atomic E-state index is 12.1. The molecule has 1 amide bonds. The lowest BCUT2D eigenvalue weighted by Crippen LogP contribution is -2.44. The minimum atomic E-state index is -3.01. The summed E-state index contributed by atoms with van der Waals surface area (Å²) in [6, 6.07) is 0. The van der Waals surface area contributed by atoms with Gasteiger partial charge in [0.25, 0.3) is 0 Å². The lowest BCUT2D eigenvalue weighted by molar-refractivity contribution is -0.135. The fourth-order valence-electron chi connectivity index (χ4n) is 2.28. The SMILES string of the molecule is COCC(=O)N1CCC(S(=O)(=O)CC(C)C)CC1. The molecule has 5 nitrogen and oxygen atoms in total. The average molecular weight is 277 g/mol. The van der Waals surface area contributed by atoms with E-state index in [2.05, 4.69) is 0 Å². The Labute approximate surface area is 109 Å².